The summed E-state index contributed by atoms with van der Waals surface area (Å²) in [7, 11) is 0. The van der Waals surface area contributed by atoms with Gasteiger partial charge in [-0.2, -0.15) is 0 Å². The van der Waals surface area contributed by atoms with Crippen molar-refractivity contribution in [1.29, 1.82) is 0 Å². The summed E-state index contributed by atoms with van der Waals surface area (Å²) in [4.78, 5) is 38.5. The van der Waals surface area contributed by atoms with Crippen molar-refractivity contribution < 1.29 is 28.6 Å². The van der Waals surface area contributed by atoms with Gasteiger partial charge in [0.1, 0.15) is 13.2 Å². The number of unbranched alkanes of at least 4 members (excludes halogenated alkanes) is 45. The van der Waals surface area contributed by atoms with E-state index in [1.54, 1.807) is 0 Å². The zero-order chi connectivity index (χ0) is 58.5. The first kappa shape index (κ1) is 78.1. The van der Waals surface area contributed by atoms with Crippen LogP contribution in [-0.4, -0.2) is 37.2 Å². The van der Waals surface area contributed by atoms with E-state index in [0.717, 1.165) is 96.3 Å². The summed E-state index contributed by atoms with van der Waals surface area (Å²) in [5, 5.41) is 0. The van der Waals surface area contributed by atoms with E-state index < -0.39 is 6.10 Å². The molecule has 1 unspecified atom stereocenters. The molecule has 0 N–H and O–H groups in total. The van der Waals surface area contributed by atoms with Crippen LogP contribution in [0.3, 0.4) is 0 Å². The Morgan fingerprint density at radius 1 is 0.259 bits per heavy atom. The molecule has 0 spiro atoms. The van der Waals surface area contributed by atoms with Crippen molar-refractivity contribution in [1.82, 2.24) is 0 Å². The maximum absolute atomic E-state index is 13.0. The fraction of sp³-hybridized carbons (Fsp3) is 0.827. The van der Waals surface area contributed by atoms with Gasteiger partial charge in [0.05, 0.1) is 0 Å². The number of allylic oxidation sites excluding steroid dienone is 10. The van der Waals surface area contributed by atoms with Crippen molar-refractivity contribution in [3.8, 4) is 0 Å². The third-order valence-electron chi connectivity index (χ3n) is 16.0. The van der Waals surface area contributed by atoms with Crippen LogP contribution >= 0.6 is 0 Å². The molecular weight excluding hydrogens is 997 g/mol. The Bertz CT molecular complexity index is 1440. The predicted octanol–water partition coefficient (Wildman–Crippen LogP) is 24.7. The van der Waals surface area contributed by atoms with Gasteiger partial charge in [0, 0.05) is 19.3 Å². The Morgan fingerprint density at radius 3 is 0.765 bits per heavy atom. The third-order valence-corrected chi connectivity index (χ3v) is 16.0. The van der Waals surface area contributed by atoms with E-state index in [0.29, 0.717) is 19.3 Å². The molecule has 0 aliphatic heterocycles. The SMILES string of the molecule is CC/C=C\C/C=C\C/C=C\C/C=C\CCCCCCC(=O)OCC(COC(=O)CCCCCCCCCCCCCCC/C=C\CCCCCCCCCC)OC(=O)CCCCCCCCCCCCCCCCCCCCCCC. The number of esters is 3. The van der Waals surface area contributed by atoms with E-state index in [-0.39, 0.29) is 31.1 Å². The molecule has 81 heavy (non-hydrogen) atoms. The molecule has 1 atom stereocenters. The van der Waals surface area contributed by atoms with Crippen LogP contribution in [0.1, 0.15) is 380 Å². The van der Waals surface area contributed by atoms with Gasteiger partial charge < -0.3 is 14.2 Å². The highest BCUT2D eigenvalue weighted by Gasteiger charge is 2.19. The molecule has 0 fully saturated rings. The summed E-state index contributed by atoms with van der Waals surface area (Å²) in [5.74, 6) is -0.877. The van der Waals surface area contributed by atoms with Crippen LogP contribution in [0, 0.1) is 0 Å². The molecule has 0 rings (SSSR count). The number of rotatable bonds is 66. The highest BCUT2D eigenvalue weighted by molar-refractivity contribution is 5.71. The predicted molar refractivity (Wildman–Crippen MR) is 353 cm³/mol. The second kappa shape index (κ2) is 69.6. The highest BCUT2D eigenvalue weighted by atomic mass is 16.6. The van der Waals surface area contributed by atoms with E-state index in [1.165, 1.54) is 244 Å². The smallest absolute Gasteiger partial charge is 0.306 e. The summed E-state index contributed by atoms with van der Waals surface area (Å²) in [6.07, 6.45) is 89.7. The van der Waals surface area contributed by atoms with Crippen molar-refractivity contribution >= 4 is 17.9 Å². The van der Waals surface area contributed by atoms with Gasteiger partial charge >= 0.3 is 17.9 Å². The van der Waals surface area contributed by atoms with E-state index in [2.05, 4.69) is 81.5 Å². The Morgan fingerprint density at radius 2 is 0.481 bits per heavy atom. The molecule has 6 nitrogen and oxygen atoms in total. The molecule has 0 aliphatic carbocycles. The minimum Gasteiger partial charge on any atom is -0.462 e. The molecule has 0 saturated heterocycles. The molecule has 0 radical (unpaired) electrons. The molecule has 472 valence electrons. The minimum absolute atomic E-state index is 0.0781. The van der Waals surface area contributed by atoms with Gasteiger partial charge in [0.2, 0.25) is 0 Å². The molecule has 0 amide bonds. The first-order valence-corrected chi connectivity index (χ1v) is 35.8. The lowest BCUT2D eigenvalue weighted by Crippen LogP contribution is -2.30. The van der Waals surface area contributed by atoms with Gasteiger partial charge in [-0.05, 0) is 83.5 Å². The zero-order valence-electron chi connectivity index (χ0n) is 54.3. The van der Waals surface area contributed by atoms with E-state index in [1.807, 2.05) is 0 Å². The average molecular weight is 1130 g/mol. The molecule has 0 aromatic carbocycles. The Balaban J connectivity index is 4.32. The summed E-state index contributed by atoms with van der Waals surface area (Å²) >= 11 is 0. The maximum atomic E-state index is 13.0. The van der Waals surface area contributed by atoms with Gasteiger partial charge in [0.25, 0.3) is 0 Å². The molecule has 0 aromatic rings. The molecule has 0 aromatic heterocycles. The van der Waals surface area contributed by atoms with Crippen molar-refractivity contribution in [2.24, 2.45) is 0 Å². The molecule has 0 saturated carbocycles. The van der Waals surface area contributed by atoms with Crippen LogP contribution in [0.2, 0.25) is 0 Å². The number of ether oxygens (including phenoxy) is 3. The van der Waals surface area contributed by atoms with Crippen molar-refractivity contribution in [2.75, 3.05) is 13.2 Å². The monoisotopic (exact) mass is 1130 g/mol. The summed E-state index contributed by atoms with van der Waals surface area (Å²) in [6.45, 7) is 6.58. The van der Waals surface area contributed by atoms with Gasteiger partial charge in [-0.25, -0.2) is 0 Å². The fourth-order valence-corrected chi connectivity index (χ4v) is 10.7. The molecule has 0 aliphatic rings. The van der Waals surface area contributed by atoms with Crippen LogP contribution in [0.4, 0.5) is 0 Å². The maximum Gasteiger partial charge on any atom is 0.306 e. The van der Waals surface area contributed by atoms with Gasteiger partial charge in [-0.3, -0.25) is 14.4 Å². The fourth-order valence-electron chi connectivity index (χ4n) is 10.7. The first-order chi connectivity index (χ1) is 40.0. The topological polar surface area (TPSA) is 78.9 Å². The van der Waals surface area contributed by atoms with Crippen molar-refractivity contribution in [2.45, 2.75) is 386 Å². The van der Waals surface area contributed by atoms with E-state index in [4.69, 9.17) is 14.2 Å². The van der Waals surface area contributed by atoms with Gasteiger partial charge in [-0.1, -0.05) is 338 Å². The Kier molecular flexibility index (Phi) is 67.1. The summed E-state index contributed by atoms with van der Waals surface area (Å²) < 4.78 is 17.0. The summed E-state index contributed by atoms with van der Waals surface area (Å²) in [5.41, 5.74) is 0. The molecular formula is C75H136O6. The zero-order valence-corrected chi connectivity index (χ0v) is 54.3. The lowest BCUT2D eigenvalue weighted by molar-refractivity contribution is -0.167. The Hall–Kier alpha value is -2.89. The third kappa shape index (κ3) is 67.8. The number of carbonyl (C=O) groups is 3. The number of hydrogen-bond donors (Lipinski definition) is 0. The van der Waals surface area contributed by atoms with Crippen LogP contribution < -0.4 is 0 Å². The van der Waals surface area contributed by atoms with Crippen LogP contribution in [-0.2, 0) is 28.6 Å². The second-order valence-electron chi connectivity index (χ2n) is 24.1. The van der Waals surface area contributed by atoms with Crippen LogP contribution in [0.15, 0.2) is 60.8 Å². The van der Waals surface area contributed by atoms with Crippen molar-refractivity contribution in [3.63, 3.8) is 0 Å². The number of carbonyl (C=O) groups excluding carboxylic acids is 3. The highest BCUT2D eigenvalue weighted by Crippen LogP contribution is 2.18. The molecule has 0 heterocycles. The Labute approximate surface area is 504 Å². The lowest BCUT2D eigenvalue weighted by Gasteiger charge is -2.18. The molecule has 0 bridgehead atoms. The average Bonchev–Trinajstić information content (AvgIpc) is 3.47. The standard InChI is InChI=1S/C75H136O6/c1-4-7-10-13-16-19-22-25-28-31-33-35-36-37-38-40-41-44-47-50-53-56-59-62-65-68-74(77)80-71-72(70-79-73(76)67-64-61-58-55-52-49-46-43-30-27-24-21-18-15-12-9-6-3)81-75(78)69-66-63-60-57-54-51-48-45-42-39-34-32-29-26-23-20-17-14-11-8-5-2/h9,12,18,21,27,30-31,33,46,49,72H,4-8,10-11,13-17,19-20,22-26,28-29,32,34-45,47-48,50-71H2,1-3H3/b12-9-,21-18-,30-27-,33-31-,49-46-. The van der Waals surface area contributed by atoms with Crippen LogP contribution in [0.25, 0.3) is 0 Å². The molecule has 6 heteroatoms. The second-order valence-corrected chi connectivity index (χ2v) is 24.1. The normalized spacial score (nSPS) is 12.4. The summed E-state index contributed by atoms with van der Waals surface area (Å²) in [6, 6.07) is 0. The lowest BCUT2D eigenvalue weighted by atomic mass is 10.0. The van der Waals surface area contributed by atoms with Gasteiger partial charge in [-0.15, -0.1) is 0 Å². The van der Waals surface area contributed by atoms with Gasteiger partial charge in [0.15, 0.2) is 6.10 Å². The first-order valence-electron chi connectivity index (χ1n) is 35.8. The van der Waals surface area contributed by atoms with Crippen molar-refractivity contribution in [3.05, 3.63) is 60.8 Å². The largest absolute Gasteiger partial charge is 0.462 e. The van der Waals surface area contributed by atoms with E-state index in [9.17, 15) is 14.4 Å². The van der Waals surface area contributed by atoms with Crippen LogP contribution in [0.5, 0.6) is 0 Å². The minimum atomic E-state index is -0.784. The number of hydrogen-bond acceptors (Lipinski definition) is 6. The quantitative estimate of drug-likeness (QED) is 0.0261. The van der Waals surface area contributed by atoms with E-state index >= 15 is 0 Å².